The maximum Gasteiger partial charge on any atom is 0.119 e. The Balaban J connectivity index is 0.00000433. The molecule has 0 N–H and O–H groups in total. The van der Waals surface area contributed by atoms with Gasteiger partial charge in [-0.15, -0.1) is 0 Å². The Labute approximate surface area is 296 Å². The standard InChI is InChI=1S/C44H55NP.BrH/c1-7-8-9-10-11-15-22-34-29-30-38(41-40(34)39-31-43(3,4)32-44(5,6)42(39)45-41)33(2)46(35-23-16-12-17-24-35,36-25-18-13-19-26-36)37-27-20-14-21-28-37;/h12-14,16-21,23-30,33-34H,7-11,15,22,31-32H2,1-6H3;1H/q+1;/p-1. The van der Waals surface area contributed by atoms with E-state index in [1.54, 1.807) is 11.1 Å². The van der Waals surface area contributed by atoms with Crippen molar-refractivity contribution in [3.05, 3.63) is 126 Å². The van der Waals surface area contributed by atoms with E-state index < -0.39 is 7.26 Å². The predicted octanol–water partition coefficient (Wildman–Crippen LogP) is 8.16. The van der Waals surface area contributed by atoms with Crippen LogP contribution in [0.5, 0.6) is 0 Å². The summed E-state index contributed by atoms with van der Waals surface area (Å²) in [5, 5.41) is 4.32. The second kappa shape index (κ2) is 14.9. The van der Waals surface area contributed by atoms with E-state index in [1.807, 2.05) is 0 Å². The van der Waals surface area contributed by atoms with Crippen molar-refractivity contribution in [1.29, 1.82) is 0 Å². The van der Waals surface area contributed by atoms with E-state index in [4.69, 9.17) is 4.99 Å². The van der Waals surface area contributed by atoms with E-state index in [2.05, 4.69) is 145 Å². The number of unbranched alkanes of at least 4 members (excludes halogenated alkanes) is 5. The van der Waals surface area contributed by atoms with Crippen LogP contribution in [0, 0.1) is 16.7 Å². The fourth-order valence-electron chi connectivity index (χ4n) is 9.12. The third-order valence-electron chi connectivity index (χ3n) is 10.8. The van der Waals surface area contributed by atoms with Crippen LogP contribution in [-0.4, -0.2) is 11.4 Å². The number of nitrogens with zero attached hydrogens (tertiary/aromatic N) is 1. The lowest BCUT2D eigenvalue weighted by molar-refractivity contribution is -0.0000107. The summed E-state index contributed by atoms with van der Waals surface area (Å²) < 4.78 is 0. The number of aliphatic imine (C=N–C) groups is 1. The van der Waals surface area contributed by atoms with E-state index in [-0.39, 0.29) is 33.5 Å². The molecule has 0 spiro atoms. The maximum absolute atomic E-state index is 5.76. The van der Waals surface area contributed by atoms with Crippen LogP contribution in [0.3, 0.4) is 0 Å². The monoisotopic (exact) mass is 707 g/mol. The van der Waals surface area contributed by atoms with E-state index in [1.165, 1.54) is 84.3 Å². The van der Waals surface area contributed by atoms with Crippen molar-refractivity contribution >= 4 is 28.9 Å². The Morgan fingerprint density at radius 2 is 1.26 bits per heavy atom. The summed E-state index contributed by atoms with van der Waals surface area (Å²) >= 11 is 0. The van der Waals surface area contributed by atoms with Crippen LogP contribution in [0.25, 0.3) is 0 Å². The number of fused-ring (bicyclic) bond motifs is 2. The maximum atomic E-state index is 5.76. The summed E-state index contributed by atoms with van der Waals surface area (Å²) in [7, 11) is -2.12. The molecule has 2 unspecified atom stereocenters. The van der Waals surface area contributed by atoms with Gasteiger partial charge in [0.15, 0.2) is 0 Å². The first-order chi connectivity index (χ1) is 22.2. The molecule has 2 atom stereocenters. The molecule has 1 fully saturated rings. The molecule has 3 heteroatoms. The molecule has 0 aromatic heterocycles. The van der Waals surface area contributed by atoms with Crippen molar-refractivity contribution in [1.82, 2.24) is 0 Å². The molecule has 1 aliphatic heterocycles. The van der Waals surface area contributed by atoms with Gasteiger partial charge in [0.1, 0.15) is 28.8 Å². The van der Waals surface area contributed by atoms with Gasteiger partial charge in [0.05, 0.1) is 11.4 Å². The van der Waals surface area contributed by atoms with Gasteiger partial charge in [-0.2, -0.15) is 0 Å². The minimum atomic E-state index is -2.12. The number of benzene rings is 3. The minimum absolute atomic E-state index is 0. The van der Waals surface area contributed by atoms with Crippen molar-refractivity contribution < 1.29 is 17.0 Å². The Morgan fingerprint density at radius 1 is 0.745 bits per heavy atom. The molecule has 47 heavy (non-hydrogen) atoms. The molecule has 3 aromatic rings. The highest BCUT2D eigenvalue weighted by molar-refractivity contribution is 7.96. The van der Waals surface area contributed by atoms with Crippen LogP contribution < -0.4 is 32.9 Å². The van der Waals surface area contributed by atoms with Crippen molar-refractivity contribution in [3.8, 4) is 0 Å². The highest BCUT2D eigenvalue weighted by atomic mass is 79.9. The van der Waals surface area contributed by atoms with Crippen LogP contribution in [0.15, 0.2) is 131 Å². The lowest BCUT2D eigenvalue weighted by Gasteiger charge is -2.42. The molecule has 0 saturated heterocycles. The summed E-state index contributed by atoms with van der Waals surface area (Å²) in [4.78, 5) is 5.76. The van der Waals surface area contributed by atoms with Crippen LogP contribution in [0.1, 0.15) is 99.3 Å². The van der Waals surface area contributed by atoms with Gasteiger partial charge in [-0.25, -0.2) is 0 Å². The van der Waals surface area contributed by atoms with Crippen molar-refractivity contribution in [2.75, 3.05) is 0 Å². The summed E-state index contributed by atoms with van der Waals surface area (Å²) in [5.74, 6) is 0.455. The molecule has 1 saturated carbocycles. The zero-order chi connectivity index (χ0) is 32.4. The first-order valence-electron chi connectivity index (χ1n) is 18.0. The minimum Gasteiger partial charge on any atom is -1.00 e. The van der Waals surface area contributed by atoms with Gasteiger partial charge in [0.25, 0.3) is 0 Å². The van der Waals surface area contributed by atoms with Crippen LogP contribution in [-0.2, 0) is 0 Å². The van der Waals surface area contributed by atoms with Crippen LogP contribution in [0.4, 0.5) is 0 Å². The molecular formula is C44H55BrNP. The van der Waals surface area contributed by atoms with E-state index in [0.717, 1.165) is 6.42 Å². The highest BCUT2D eigenvalue weighted by Gasteiger charge is 2.54. The van der Waals surface area contributed by atoms with Crippen LogP contribution >= 0.6 is 7.26 Å². The number of halogens is 1. The zero-order valence-electron chi connectivity index (χ0n) is 29.6. The highest BCUT2D eigenvalue weighted by Crippen LogP contribution is 2.64. The van der Waals surface area contributed by atoms with Gasteiger partial charge >= 0.3 is 0 Å². The van der Waals surface area contributed by atoms with Crippen molar-refractivity contribution in [2.45, 2.75) is 105 Å². The summed E-state index contributed by atoms with van der Waals surface area (Å²) in [6.45, 7) is 14.7. The molecule has 1 heterocycles. The second-order valence-corrected chi connectivity index (χ2v) is 19.3. The van der Waals surface area contributed by atoms with Crippen molar-refractivity contribution in [2.24, 2.45) is 21.7 Å². The number of allylic oxidation sites excluding steroid dienone is 5. The predicted molar refractivity (Wildman–Crippen MR) is 204 cm³/mol. The quantitative estimate of drug-likeness (QED) is 0.133. The Hall–Kier alpha value is -2.54. The van der Waals surface area contributed by atoms with E-state index in [0.29, 0.717) is 5.92 Å². The van der Waals surface area contributed by atoms with E-state index >= 15 is 0 Å². The first-order valence-corrected chi connectivity index (χ1v) is 19.9. The lowest BCUT2D eigenvalue weighted by atomic mass is 9.61. The fourth-order valence-corrected chi connectivity index (χ4v) is 13.9. The number of rotatable bonds is 12. The Kier molecular flexibility index (Phi) is 11.4. The van der Waals surface area contributed by atoms with Gasteiger partial charge in [0, 0.05) is 16.9 Å². The molecule has 3 aromatic carbocycles. The molecule has 0 bridgehead atoms. The lowest BCUT2D eigenvalue weighted by Crippen LogP contribution is -3.00. The zero-order valence-corrected chi connectivity index (χ0v) is 32.1. The Bertz CT molecular complexity index is 1530. The summed E-state index contributed by atoms with van der Waals surface area (Å²) in [5.41, 5.74) is 7.87. The second-order valence-electron chi connectivity index (χ2n) is 15.5. The molecule has 1 nitrogen and oxygen atoms in total. The fraction of sp³-hybridized carbons (Fsp3) is 0.432. The number of hydrogen-bond donors (Lipinski definition) is 0. The molecule has 6 rings (SSSR count). The summed E-state index contributed by atoms with van der Waals surface area (Å²) in [6.07, 6.45) is 16.7. The topological polar surface area (TPSA) is 12.4 Å². The smallest absolute Gasteiger partial charge is 0.119 e. The third-order valence-corrected chi connectivity index (χ3v) is 15.6. The molecule has 248 valence electrons. The van der Waals surface area contributed by atoms with Gasteiger partial charge in [0.2, 0.25) is 0 Å². The first kappa shape index (κ1) is 35.8. The van der Waals surface area contributed by atoms with Gasteiger partial charge in [-0.05, 0) is 79.1 Å². The molecule has 0 amide bonds. The SMILES string of the molecule is CCCCCCCCC1C=CC(C(C)[P+](c2ccccc2)(c2ccccc2)c2ccccc2)=C2N=C3C(=C21)CC(C)(C)CC3(C)C.[Br-]. The van der Waals surface area contributed by atoms with Crippen LogP contribution in [0.2, 0.25) is 0 Å². The molecule has 0 radical (unpaired) electrons. The average Bonchev–Trinajstić information content (AvgIpc) is 3.44. The molecule has 2 aliphatic carbocycles. The molecular weight excluding hydrogens is 653 g/mol. The Morgan fingerprint density at radius 3 is 1.79 bits per heavy atom. The van der Waals surface area contributed by atoms with E-state index in [9.17, 15) is 0 Å². The normalized spacial score (nSPS) is 20.3. The molecule has 3 aliphatic rings. The third kappa shape index (κ3) is 6.98. The number of hydrogen-bond acceptors (Lipinski definition) is 1. The largest absolute Gasteiger partial charge is 1.00 e. The average molecular weight is 709 g/mol. The van der Waals surface area contributed by atoms with Gasteiger partial charge in [-0.1, -0.05) is 140 Å². The van der Waals surface area contributed by atoms with Gasteiger partial charge in [-0.3, -0.25) is 4.99 Å². The summed E-state index contributed by atoms with van der Waals surface area (Å²) in [6, 6.07) is 34.2. The van der Waals surface area contributed by atoms with Crippen molar-refractivity contribution in [3.63, 3.8) is 0 Å². The van der Waals surface area contributed by atoms with Gasteiger partial charge < -0.3 is 17.0 Å².